The Labute approximate surface area is 248 Å². The standard InChI is InChI=1S/C34H56N2O5/c1-6-36-22-26(3)12-7-10-25(2)11-8-13-28(24-39)30-16-18-34(32(30)40)31(14-9-21-37)29(27(4)23-38)15-17-33(34,41)19-20-35-5/h8,11-13,23,30-32,35-37,39-41H,2,6-7,9-10,14-22,24H2,1,3-5H3. The van der Waals surface area contributed by atoms with Gasteiger partial charge in [0.05, 0.1) is 18.3 Å². The van der Waals surface area contributed by atoms with Gasteiger partial charge in [0.15, 0.2) is 0 Å². The lowest BCUT2D eigenvalue weighted by molar-refractivity contribution is -0.180. The van der Waals surface area contributed by atoms with E-state index in [9.17, 15) is 25.2 Å². The topological polar surface area (TPSA) is 122 Å². The highest BCUT2D eigenvalue weighted by molar-refractivity contribution is 5.74. The third-order valence-corrected chi connectivity index (χ3v) is 9.53. The van der Waals surface area contributed by atoms with Crippen LogP contribution in [0.2, 0.25) is 0 Å². The first-order valence-electron chi connectivity index (χ1n) is 15.5. The molecule has 0 amide bonds. The van der Waals surface area contributed by atoms with Gasteiger partial charge in [-0.05, 0) is 109 Å². The summed E-state index contributed by atoms with van der Waals surface area (Å²) < 4.78 is 0. The summed E-state index contributed by atoms with van der Waals surface area (Å²) in [6.07, 6.45) is 13.6. The van der Waals surface area contributed by atoms with Crippen LogP contribution in [-0.2, 0) is 4.79 Å². The van der Waals surface area contributed by atoms with E-state index in [1.54, 1.807) is 0 Å². The number of allylic oxidation sites excluding steroid dienone is 7. The summed E-state index contributed by atoms with van der Waals surface area (Å²) in [6, 6.07) is 0. The quantitative estimate of drug-likeness (QED) is 0.0670. The Kier molecular flexibility index (Phi) is 14.9. The number of rotatable bonds is 17. The summed E-state index contributed by atoms with van der Waals surface area (Å²) >= 11 is 0. The highest BCUT2D eigenvalue weighted by atomic mass is 16.3. The van der Waals surface area contributed by atoms with Gasteiger partial charge >= 0.3 is 0 Å². The number of aliphatic hydroxyl groups excluding tert-OH is 3. The van der Waals surface area contributed by atoms with Crippen LogP contribution in [0.3, 0.4) is 0 Å². The minimum Gasteiger partial charge on any atom is -0.396 e. The predicted molar refractivity (Wildman–Crippen MR) is 167 cm³/mol. The molecule has 2 fully saturated rings. The van der Waals surface area contributed by atoms with Gasteiger partial charge < -0.3 is 31.1 Å². The molecule has 0 aromatic rings. The number of carbonyl (C=O) groups excluding carboxylic acids is 1. The summed E-state index contributed by atoms with van der Waals surface area (Å²) in [7, 11) is 1.85. The Hall–Kier alpha value is -1.87. The molecule has 2 saturated carbocycles. The average molecular weight is 573 g/mol. The minimum absolute atomic E-state index is 0.00985. The number of hydrogen-bond donors (Lipinski definition) is 6. The molecule has 7 heteroatoms. The molecule has 0 aromatic carbocycles. The molecule has 7 nitrogen and oxygen atoms in total. The van der Waals surface area contributed by atoms with E-state index in [-0.39, 0.29) is 25.0 Å². The van der Waals surface area contributed by atoms with E-state index < -0.39 is 17.1 Å². The van der Waals surface area contributed by atoms with Gasteiger partial charge in [-0.25, -0.2) is 0 Å². The number of nitrogens with one attached hydrogen (secondary N) is 2. The van der Waals surface area contributed by atoms with Gasteiger partial charge in [-0.2, -0.15) is 0 Å². The lowest BCUT2D eigenvalue weighted by Crippen LogP contribution is -2.61. The molecule has 0 heterocycles. The Bertz CT molecular complexity index is 984. The van der Waals surface area contributed by atoms with Gasteiger partial charge in [0, 0.05) is 24.5 Å². The molecule has 232 valence electrons. The number of hydrogen-bond acceptors (Lipinski definition) is 7. The number of aldehydes is 1. The van der Waals surface area contributed by atoms with Crippen molar-refractivity contribution < 1.29 is 25.2 Å². The molecule has 6 N–H and O–H groups in total. The largest absolute Gasteiger partial charge is 0.396 e. The molecule has 2 rings (SSSR count). The summed E-state index contributed by atoms with van der Waals surface area (Å²) in [5, 5.41) is 50.9. The van der Waals surface area contributed by atoms with E-state index in [2.05, 4.69) is 37.1 Å². The second kappa shape index (κ2) is 17.3. The van der Waals surface area contributed by atoms with Gasteiger partial charge in [-0.1, -0.05) is 54.5 Å². The zero-order valence-electron chi connectivity index (χ0n) is 25.9. The monoisotopic (exact) mass is 572 g/mol. The third kappa shape index (κ3) is 8.59. The normalized spacial score (nSPS) is 30.4. The molecule has 2 aliphatic rings. The number of likely N-dealkylation sites (N-methyl/N-ethyl adjacent to an activating group) is 1. The fourth-order valence-corrected chi connectivity index (χ4v) is 7.27. The van der Waals surface area contributed by atoms with Crippen LogP contribution < -0.4 is 10.6 Å². The van der Waals surface area contributed by atoms with Crippen molar-refractivity contribution in [3.63, 3.8) is 0 Å². The van der Waals surface area contributed by atoms with Gasteiger partial charge in [-0.15, -0.1) is 0 Å². The Morgan fingerprint density at radius 2 is 1.98 bits per heavy atom. The molecule has 0 aromatic heterocycles. The number of aliphatic hydroxyl groups is 4. The SMILES string of the molecule is C=C(C=CC=C(CO)C1CCC2(C(CCCO)C(=C(C)C=O)CCC2(O)CCNC)C1O)CCC=C(C)CNCC. The molecular weight excluding hydrogens is 516 g/mol. The van der Waals surface area contributed by atoms with Gasteiger partial charge in [-0.3, -0.25) is 4.79 Å². The van der Waals surface area contributed by atoms with E-state index in [1.165, 1.54) is 5.57 Å². The third-order valence-electron chi connectivity index (χ3n) is 9.53. The summed E-state index contributed by atoms with van der Waals surface area (Å²) in [5.41, 5.74) is 2.67. The molecular formula is C34H56N2O5. The van der Waals surface area contributed by atoms with Crippen molar-refractivity contribution in [2.24, 2.45) is 17.3 Å². The molecule has 1 spiro atoms. The first kappa shape index (κ1) is 35.3. The van der Waals surface area contributed by atoms with E-state index in [0.717, 1.165) is 48.9 Å². The molecule has 5 unspecified atom stereocenters. The maximum Gasteiger partial charge on any atom is 0.145 e. The van der Waals surface area contributed by atoms with Crippen LogP contribution in [0.25, 0.3) is 0 Å². The van der Waals surface area contributed by atoms with Crippen LogP contribution in [0, 0.1) is 17.3 Å². The van der Waals surface area contributed by atoms with Gasteiger partial charge in [0.1, 0.15) is 6.29 Å². The highest BCUT2D eigenvalue weighted by Crippen LogP contribution is 2.63. The van der Waals surface area contributed by atoms with Crippen molar-refractivity contribution in [2.45, 2.75) is 90.3 Å². The van der Waals surface area contributed by atoms with Crippen molar-refractivity contribution in [1.82, 2.24) is 10.6 Å². The fourth-order valence-electron chi connectivity index (χ4n) is 7.27. The van der Waals surface area contributed by atoms with Gasteiger partial charge in [0.2, 0.25) is 0 Å². The second-order valence-corrected chi connectivity index (χ2v) is 12.0. The van der Waals surface area contributed by atoms with Crippen LogP contribution in [0.4, 0.5) is 0 Å². The first-order chi connectivity index (χ1) is 19.6. The summed E-state index contributed by atoms with van der Waals surface area (Å²) in [6.45, 7) is 12.5. The molecule has 41 heavy (non-hydrogen) atoms. The van der Waals surface area contributed by atoms with Crippen LogP contribution >= 0.6 is 0 Å². The second-order valence-electron chi connectivity index (χ2n) is 12.0. The molecule has 0 radical (unpaired) electrons. The Balaban J connectivity index is 2.34. The van der Waals surface area contributed by atoms with E-state index in [0.29, 0.717) is 57.1 Å². The van der Waals surface area contributed by atoms with Gasteiger partial charge in [0.25, 0.3) is 0 Å². The molecule has 0 aliphatic heterocycles. The number of carbonyl (C=O) groups is 1. The van der Waals surface area contributed by atoms with E-state index in [1.807, 2.05) is 32.2 Å². The average Bonchev–Trinajstić information content (AvgIpc) is 3.31. The van der Waals surface area contributed by atoms with E-state index in [4.69, 9.17) is 0 Å². The van der Waals surface area contributed by atoms with Crippen molar-refractivity contribution in [3.05, 3.63) is 58.7 Å². The lowest BCUT2D eigenvalue weighted by Gasteiger charge is -2.57. The fraction of sp³-hybridized carbons (Fsp3) is 0.676. The minimum atomic E-state index is -1.14. The molecule has 2 aliphatic carbocycles. The van der Waals surface area contributed by atoms with Crippen LogP contribution in [0.1, 0.15) is 78.6 Å². The Morgan fingerprint density at radius 3 is 2.61 bits per heavy atom. The molecule has 0 saturated heterocycles. The van der Waals surface area contributed by atoms with Crippen molar-refractivity contribution in [1.29, 1.82) is 0 Å². The van der Waals surface area contributed by atoms with Crippen LogP contribution in [0.5, 0.6) is 0 Å². The smallest absolute Gasteiger partial charge is 0.145 e. The van der Waals surface area contributed by atoms with Crippen LogP contribution in [0.15, 0.2) is 58.7 Å². The van der Waals surface area contributed by atoms with E-state index >= 15 is 0 Å². The summed E-state index contributed by atoms with van der Waals surface area (Å²) in [4.78, 5) is 11.9. The van der Waals surface area contributed by atoms with Crippen molar-refractivity contribution >= 4 is 6.29 Å². The van der Waals surface area contributed by atoms with Crippen LogP contribution in [-0.4, -0.2) is 78.3 Å². The lowest BCUT2D eigenvalue weighted by atomic mass is 9.51. The maximum atomic E-state index is 12.3. The Morgan fingerprint density at radius 1 is 1.22 bits per heavy atom. The zero-order chi connectivity index (χ0) is 30.5. The summed E-state index contributed by atoms with van der Waals surface area (Å²) in [5.74, 6) is -0.544. The maximum absolute atomic E-state index is 12.3. The predicted octanol–water partition coefficient (Wildman–Crippen LogP) is 4.15. The van der Waals surface area contributed by atoms with Crippen molar-refractivity contribution in [3.8, 4) is 0 Å². The zero-order valence-corrected chi connectivity index (χ0v) is 25.9. The molecule has 0 bridgehead atoms. The first-order valence-corrected chi connectivity index (χ1v) is 15.5. The molecule has 5 atom stereocenters. The van der Waals surface area contributed by atoms with Crippen molar-refractivity contribution in [2.75, 3.05) is 39.9 Å². The highest BCUT2D eigenvalue weighted by Gasteiger charge is 2.65.